The molecule has 0 radical (unpaired) electrons. The van der Waals surface area contributed by atoms with E-state index in [1.54, 1.807) is 0 Å². The number of hydrogen-bond donors (Lipinski definition) is 0. The molecule has 0 aromatic carbocycles. The Morgan fingerprint density at radius 3 is 1.10 bits per heavy atom. The predicted molar refractivity (Wildman–Crippen MR) is 90.7 cm³/mol. The van der Waals surface area contributed by atoms with Crippen LogP contribution in [0.5, 0.6) is 0 Å². The van der Waals surface area contributed by atoms with Gasteiger partial charge in [-0.1, -0.05) is 0 Å². The van der Waals surface area contributed by atoms with Gasteiger partial charge >= 0.3 is 169 Å². The van der Waals surface area contributed by atoms with Gasteiger partial charge in [-0.3, -0.25) is 0 Å². The van der Waals surface area contributed by atoms with Crippen LogP contribution < -0.4 is 0 Å². The zero-order valence-electron chi connectivity index (χ0n) is 13.9. The van der Waals surface area contributed by atoms with E-state index in [9.17, 15) is 0 Å². The summed E-state index contributed by atoms with van der Waals surface area (Å²) in [6.45, 7) is 0. The van der Waals surface area contributed by atoms with Crippen LogP contribution >= 0.6 is 0 Å². The molecule has 0 aromatic heterocycles. The van der Waals surface area contributed by atoms with E-state index >= 15 is 0 Å². The topological polar surface area (TPSA) is 25.9 Å². The Labute approximate surface area is 166 Å². The van der Waals surface area contributed by atoms with Crippen molar-refractivity contribution in [1.82, 2.24) is 25.8 Å². The molecule has 112 valence electrons. The van der Waals surface area contributed by atoms with Crippen LogP contribution in [0, 0.1) is 0 Å². The van der Waals surface area contributed by atoms with E-state index in [4.69, 9.17) is 0 Å². The molecule has 0 aromatic rings. The third-order valence-corrected chi connectivity index (χ3v) is 59.2. The molecule has 0 N–H and O–H groups in total. The number of hydrogen-bond acceptors (Lipinski definition) is 8. The van der Waals surface area contributed by atoms with E-state index < -0.39 is 62.8 Å². The van der Waals surface area contributed by atoms with Crippen molar-refractivity contribution in [2.75, 3.05) is 56.4 Å². The fourth-order valence-electron chi connectivity index (χ4n) is 2.58. The average molecular weight is 711 g/mol. The van der Waals surface area contributed by atoms with Gasteiger partial charge in [0.2, 0.25) is 0 Å². The Balaban J connectivity index is 0.00000200. The Morgan fingerprint density at radius 1 is 0.600 bits per heavy atom. The van der Waals surface area contributed by atoms with Crippen molar-refractivity contribution in [2.24, 2.45) is 0 Å². The van der Waals surface area contributed by atoms with E-state index in [0.717, 1.165) is 0 Å². The molecule has 3 aliphatic heterocycles. The number of rotatable bonds is 4. The summed E-state index contributed by atoms with van der Waals surface area (Å²) in [6, 6.07) is 0. The molecule has 0 saturated carbocycles. The van der Waals surface area contributed by atoms with Crippen LogP contribution in [0.25, 0.3) is 0 Å². The third-order valence-electron chi connectivity index (χ3n) is 3.50. The number of hydrazine groups is 4. The molecule has 12 heteroatoms. The second kappa shape index (κ2) is 8.31. The van der Waals surface area contributed by atoms with E-state index in [1.807, 2.05) is 0 Å². The fraction of sp³-hybridized carbons (Fsp3) is 1.00. The molecule has 3 aliphatic rings. The first-order valence-corrected chi connectivity index (χ1v) is 18.2. The SMILES string of the molecule is CN(C)[N]1[SnH+][N](N(C)C)[SnH]2[N](N(C)C)[SnH]1[N]2N(C)C.[SnH+3]. The van der Waals surface area contributed by atoms with Crippen molar-refractivity contribution < 1.29 is 0 Å². The van der Waals surface area contributed by atoms with Crippen molar-refractivity contribution in [3.8, 4) is 0 Å². The maximum atomic E-state index is 2.83. The molecule has 0 spiro atoms. The molecule has 0 unspecified atom stereocenters. The summed E-state index contributed by atoms with van der Waals surface area (Å²) in [7, 11) is 17.8. The predicted octanol–water partition coefficient (Wildman–Crippen LogP) is -3.82. The fourth-order valence-corrected chi connectivity index (χ4v) is 104. The van der Waals surface area contributed by atoms with Gasteiger partial charge in [0.1, 0.15) is 0 Å². The Hall–Kier alpha value is 2.87. The van der Waals surface area contributed by atoms with Crippen LogP contribution in [-0.4, -0.2) is 169 Å². The summed E-state index contributed by atoms with van der Waals surface area (Å²) in [5.41, 5.74) is 0. The standard InChI is InChI=1S/4C2H6N2.4Sn.4H/c4*1-4(2)3;;;;;;;;/h4*1-2H3;;;;;;;;/q;;;;;;+1;+3;;;;. The summed E-state index contributed by atoms with van der Waals surface area (Å²) in [5, 5.41) is 9.51. The van der Waals surface area contributed by atoms with Gasteiger partial charge < -0.3 is 0 Å². The Kier molecular flexibility index (Phi) is 8.69. The molecule has 3 rings (SSSR count). The molecular formula is C8H28N8Sn4+4. The van der Waals surface area contributed by atoms with Crippen LogP contribution in [0.1, 0.15) is 0 Å². The summed E-state index contributed by atoms with van der Waals surface area (Å²) >= 11 is -4.77. The van der Waals surface area contributed by atoms with Crippen LogP contribution in [-0.2, 0) is 0 Å². The number of nitrogens with zero attached hydrogens (tertiary/aromatic N) is 8. The minimum atomic E-state index is -1.97. The first-order valence-electron chi connectivity index (χ1n) is 6.44. The van der Waals surface area contributed by atoms with E-state index in [1.165, 1.54) is 0 Å². The summed E-state index contributed by atoms with van der Waals surface area (Å²) < 4.78 is 11.2. The molecule has 3 saturated heterocycles. The van der Waals surface area contributed by atoms with Crippen LogP contribution in [0.2, 0.25) is 0 Å². The maximum absolute atomic E-state index is 2.83. The van der Waals surface area contributed by atoms with Crippen LogP contribution in [0.4, 0.5) is 0 Å². The molecule has 0 aliphatic carbocycles. The zero-order chi connectivity index (χ0) is 14.5. The molecule has 20 heavy (non-hydrogen) atoms. The molecule has 3 fully saturated rings. The Morgan fingerprint density at radius 2 is 0.900 bits per heavy atom. The van der Waals surface area contributed by atoms with E-state index in [-0.39, 0.29) is 23.9 Å². The minimum absolute atomic E-state index is 0. The first-order chi connectivity index (χ1) is 8.77. The van der Waals surface area contributed by atoms with Gasteiger partial charge in [0, 0.05) is 0 Å². The second-order valence-electron chi connectivity index (χ2n) is 5.72. The quantitative estimate of drug-likeness (QED) is 0.275. The van der Waals surface area contributed by atoms with Crippen molar-refractivity contribution in [3.05, 3.63) is 0 Å². The summed E-state index contributed by atoms with van der Waals surface area (Å²) in [6.07, 6.45) is 0. The van der Waals surface area contributed by atoms with Gasteiger partial charge in [0.05, 0.1) is 0 Å². The van der Waals surface area contributed by atoms with Gasteiger partial charge in [0.15, 0.2) is 0 Å². The monoisotopic (exact) mass is 716 g/mol. The molecule has 0 atom stereocenters. The molecule has 8 nitrogen and oxygen atoms in total. The first kappa shape index (κ1) is 20.9. The Bertz CT molecular complexity index is 269. The molecular weight excluding hydrogens is 683 g/mol. The number of fused-ring (bicyclic) bond motifs is 2. The van der Waals surface area contributed by atoms with Crippen molar-refractivity contribution in [3.63, 3.8) is 0 Å². The van der Waals surface area contributed by atoms with Gasteiger partial charge in [-0.05, 0) is 0 Å². The van der Waals surface area contributed by atoms with Crippen LogP contribution in [0.3, 0.4) is 0 Å². The summed E-state index contributed by atoms with van der Waals surface area (Å²) in [4.78, 5) is 0. The zero-order valence-corrected chi connectivity index (χ0v) is 27.1. The van der Waals surface area contributed by atoms with E-state index in [0.29, 0.717) is 0 Å². The van der Waals surface area contributed by atoms with Gasteiger partial charge in [-0.15, -0.1) is 0 Å². The average Bonchev–Trinajstić information content (AvgIpc) is 2.26. The normalized spacial score (nSPS) is 29.0. The molecule has 3 heterocycles. The van der Waals surface area contributed by atoms with Crippen molar-refractivity contribution in [1.29, 1.82) is 0 Å². The van der Waals surface area contributed by atoms with Crippen LogP contribution in [0.15, 0.2) is 0 Å². The van der Waals surface area contributed by atoms with E-state index in [2.05, 4.69) is 82.2 Å². The second-order valence-corrected chi connectivity index (χ2v) is 41.8. The van der Waals surface area contributed by atoms with Gasteiger partial charge in [0.25, 0.3) is 0 Å². The van der Waals surface area contributed by atoms with Crippen molar-refractivity contribution >= 4 is 86.8 Å². The van der Waals surface area contributed by atoms with Gasteiger partial charge in [-0.2, -0.15) is 0 Å². The molecule has 0 amide bonds. The summed E-state index contributed by atoms with van der Waals surface area (Å²) in [5.74, 6) is 0. The van der Waals surface area contributed by atoms with Crippen molar-refractivity contribution in [2.45, 2.75) is 0 Å². The molecule has 2 bridgehead atoms. The van der Waals surface area contributed by atoms with Gasteiger partial charge in [-0.25, -0.2) is 0 Å². The third kappa shape index (κ3) is 3.75.